The number of alkyl halides is 3. The third-order valence-electron chi connectivity index (χ3n) is 3.33. The SMILES string of the molecule is FC(F)(F)c1ccc(N/N=C/c2cccn2-c2cccc(Br)c2)nc1. The molecule has 0 radical (unpaired) electrons. The fourth-order valence-corrected chi connectivity index (χ4v) is 2.54. The first-order valence-corrected chi connectivity index (χ1v) is 7.98. The average molecular weight is 409 g/mol. The summed E-state index contributed by atoms with van der Waals surface area (Å²) in [4.78, 5) is 3.70. The zero-order valence-electron chi connectivity index (χ0n) is 12.7. The molecule has 0 saturated heterocycles. The fourth-order valence-electron chi connectivity index (χ4n) is 2.15. The first-order valence-electron chi connectivity index (χ1n) is 7.19. The number of nitrogens with zero attached hydrogens (tertiary/aromatic N) is 3. The van der Waals surface area contributed by atoms with E-state index in [1.165, 1.54) is 6.07 Å². The molecule has 0 amide bonds. The molecule has 0 aliphatic heterocycles. The van der Waals surface area contributed by atoms with Gasteiger partial charge in [0, 0.05) is 22.6 Å². The second-order valence-corrected chi connectivity index (χ2v) is 6.00. The van der Waals surface area contributed by atoms with E-state index in [1.807, 2.05) is 47.2 Å². The van der Waals surface area contributed by atoms with Gasteiger partial charge in [0.05, 0.1) is 17.5 Å². The minimum atomic E-state index is -4.40. The van der Waals surface area contributed by atoms with Crippen LogP contribution in [0.2, 0.25) is 0 Å². The summed E-state index contributed by atoms with van der Waals surface area (Å²) in [7, 11) is 0. The Morgan fingerprint density at radius 1 is 1.12 bits per heavy atom. The molecule has 3 rings (SSSR count). The Morgan fingerprint density at radius 2 is 1.96 bits per heavy atom. The van der Waals surface area contributed by atoms with Crippen molar-refractivity contribution < 1.29 is 13.2 Å². The third kappa shape index (κ3) is 4.27. The van der Waals surface area contributed by atoms with Crippen LogP contribution in [0.5, 0.6) is 0 Å². The molecule has 3 aromatic rings. The van der Waals surface area contributed by atoms with E-state index in [1.54, 1.807) is 6.21 Å². The van der Waals surface area contributed by atoms with Gasteiger partial charge >= 0.3 is 6.18 Å². The Morgan fingerprint density at radius 3 is 2.64 bits per heavy atom. The van der Waals surface area contributed by atoms with E-state index in [4.69, 9.17) is 0 Å². The summed E-state index contributed by atoms with van der Waals surface area (Å²) in [5.41, 5.74) is 3.58. The topological polar surface area (TPSA) is 42.2 Å². The molecule has 1 N–H and O–H groups in total. The Hall–Kier alpha value is -2.61. The smallest absolute Gasteiger partial charge is 0.316 e. The predicted molar refractivity (Wildman–Crippen MR) is 93.9 cm³/mol. The maximum absolute atomic E-state index is 12.5. The van der Waals surface area contributed by atoms with Crippen LogP contribution in [0, 0.1) is 0 Å². The lowest BCUT2D eigenvalue weighted by atomic mass is 10.3. The molecule has 0 saturated carbocycles. The number of halogens is 4. The van der Waals surface area contributed by atoms with Gasteiger partial charge in [0.2, 0.25) is 0 Å². The van der Waals surface area contributed by atoms with Crippen molar-refractivity contribution in [1.29, 1.82) is 0 Å². The van der Waals surface area contributed by atoms with Gasteiger partial charge in [0.25, 0.3) is 0 Å². The maximum Gasteiger partial charge on any atom is 0.417 e. The van der Waals surface area contributed by atoms with Gasteiger partial charge in [-0.05, 0) is 42.5 Å². The number of benzene rings is 1. The van der Waals surface area contributed by atoms with Crippen LogP contribution < -0.4 is 5.43 Å². The molecular formula is C17H12BrF3N4. The van der Waals surface area contributed by atoms with Crippen molar-refractivity contribution in [2.75, 3.05) is 5.43 Å². The summed E-state index contributed by atoms with van der Waals surface area (Å²) in [6.45, 7) is 0. The summed E-state index contributed by atoms with van der Waals surface area (Å²) >= 11 is 3.43. The van der Waals surface area contributed by atoms with E-state index in [0.717, 1.165) is 28.1 Å². The van der Waals surface area contributed by atoms with Crippen LogP contribution in [0.1, 0.15) is 11.3 Å². The van der Waals surface area contributed by atoms with E-state index in [9.17, 15) is 13.2 Å². The molecule has 2 aromatic heterocycles. The molecule has 1 aromatic carbocycles. The number of hydrazone groups is 1. The molecule has 0 aliphatic carbocycles. The number of anilines is 1. The highest BCUT2D eigenvalue weighted by Crippen LogP contribution is 2.28. The van der Waals surface area contributed by atoms with Crippen molar-refractivity contribution in [3.63, 3.8) is 0 Å². The summed E-state index contributed by atoms with van der Waals surface area (Å²) in [5, 5.41) is 4.03. The van der Waals surface area contributed by atoms with Crippen molar-refractivity contribution >= 4 is 28.0 Å². The van der Waals surface area contributed by atoms with Crippen molar-refractivity contribution in [1.82, 2.24) is 9.55 Å². The van der Waals surface area contributed by atoms with Crippen LogP contribution in [0.4, 0.5) is 19.0 Å². The van der Waals surface area contributed by atoms with Gasteiger partial charge in [-0.2, -0.15) is 18.3 Å². The van der Waals surface area contributed by atoms with Crippen molar-refractivity contribution in [3.8, 4) is 5.69 Å². The van der Waals surface area contributed by atoms with Gasteiger partial charge in [-0.1, -0.05) is 22.0 Å². The predicted octanol–water partition coefficient (Wildman–Crippen LogP) is 5.10. The van der Waals surface area contributed by atoms with Gasteiger partial charge in [0.15, 0.2) is 0 Å². The molecule has 0 spiro atoms. The van der Waals surface area contributed by atoms with E-state index in [-0.39, 0.29) is 5.82 Å². The number of hydrogen-bond donors (Lipinski definition) is 1. The zero-order valence-corrected chi connectivity index (χ0v) is 14.3. The molecule has 25 heavy (non-hydrogen) atoms. The lowest BCUT2D eigenvalue weighted by Gasteiger charge is -2.07. The van der Waals surface area contributed by atoms with Crippen LogP contribution >= 0.6 is 15.9 Å². The zero-order chi connectivity index (χ0) is 17.9. The molecule has 0 bridgehead atoms. The molecule has 128 valence electrons. The second-order valence-electron chi connectivity index (χ2n) is 5.08. The lowest BCUT2D eigenvalue weighted by Crippen LogP contribution is -2.06. The monoisotopic (exact) mass is 408 g/mol. The number of rotatable bonds is 4. The molecule has 0 fully saturated rings. The van der Waals surface area contributed by atoms with E-state index in [0.29, 0.717) is 0 Å². The summed E-state index contributed by atoms with van der Waals surface area (Å²) in [5.74, 6) is 0.227. The van der Waals surface area contributed by atoms with Gasteiger partial charge in [-0.25, -0.2) is 4.98 Å². The van der Waals surface area contributed by atoms with E-state index in [2.05, 4.69) is 31.4 Å². The van der Waals surface area contributed by atoms with E-state index >= 15 is 0 Å². The lowest BCUT2D eigenvalue weighted by molar-refractivity contribution is -0.137. The Balaban J connectivity index is 1.72. The number of pyridine rings is 1. The highest BCUT2D eigenvalue weighted by Gasteiger charge is 2.30. The van der Waals surface area contributed by atoms with Crippen molar-refractivity contribution in [3.05, 3.63) is 76.7 Å². The van der Waals surface area contributed by atoms with Crippen LogP contribution in [0.15, 0.2) is 70.5 Å². The summed E-state index contributed by atoms with van der Waals surface area (Å²) in [6.07, 6.45) is -0.179. The number of hydrogen-bond acceptors (Lipinski definition) is 3. The van der Waals surface area contributed by atoms with Gasteiger partial charge < -0.3 is 4.57 Å². The van der Waals surface area contributed by atoms with Crippen LogP contribution in [-0.2, 0) is 6.18 Å². The van der Waals surface area contributed by atoms with E-state index < -0.39 is 11.7 Å². The molecule has 0 aliphatic rings. The Labute approximate surface area is 150 Å². The standard InChI is InChI=1S/C17H12BrF3N4/c18-13-3-1-4-14(9-13)25-8-2-5-15(25)11-23-24-16-7-6-12(10-22-16)17(19,20)21/h1-11H,(H,22,24)/b23-11+. The minimum Gasteiger partial charge on any atom is -0.316 e. The minimum absolute atomic E-state index is 0.227. The summed E-state index contributed by atoms with van der Waals surface area (Å²) in [6, 6.07) is 13.7. The maximum atomic E-state index is 12.5. The molecule has 0 atom stereocenters. The van der Waals surface area contributed by atoms with Crippen molar-refractivity contribution in [2.45, 2.75) is 6.18 Å². The average Bonchev–Trinajstić information content (AvgIpc) is 3.03. The molecule has 4 nitrogen and oxygen atoms in total. The molecule has 2 heterocycles. The van der Waals surface area contributed by atoms with Gasteiger partial charge in [0.1, 0.15) is 5.82 Å². The van der Waals surface area contributed by atoms with Crippen LogP contribution in [-0.4, -0.2) is 15.8 Å². The molecular weight excluding hydrogens is 397 g/mol. The third-order valence-corrected chi connectivity index (χ3v) is 3.83. The first kappa shape index (κ1) is 17.2. The summed E-state index contributed by atoms with van der Waals surface area (Å²) < 4.78 is 40.4. The van der Waals surface area contributed by atoms with Crippen molar-refractivity contribution in [2.24, 2.45) is 5.10 Å². The first-order chi connectivity index (χ1) is 11.9. The Bertz CT molecular complexity index is 885. The number of aromatic nitrogens is 2. The highest BCUT2D eigenvalue weighted by atomic mass is 79.9. The number of nitrogens with one attached hydrogen (secondary N) is 1. The van der Waals surface area contributed by atoms with Crippen LogP contribution in [0.25, 0.3) is 5.69 Å². The second kappa shape index (κ2) is 7.10. The molecule has 8 heteroatoms. The fraction of sp³-hybridized carbons (Fsp3) is 0.0588. The van der Waals surface area contributed by atoms with Gasteiger partial charge in [-0.3, -0.25) is 5.43 Å². The normalized spacial score (nSPS) is 11.8. The largest absolute Gasteiger partial charge is 0.417 e. The Kier molecular flexibility index (Phi) is 4.89. The highest BCUT2D eigenvalue weighted by molar-refractivity contribution is 9.10. The van der Waals surface area contributed by atoms with Gasteiger partial charge in [-0.15, -0.1) is 0 Å². The molecule has 0 unspecified atom stereocenters. The van der Waals surface area contributed by atoms with Crippen LogP contribution in [0.3, 0.4) is 0 Å². The quantitative estimate of drug-likeness (QED) is 0.481.